The highest BCUT2D eigenvalue weighted by molar-refractivity contribution is 5.75. The maximum Gasteiger partial charge on any atom is 0.312 e. The third-order valence-electron chi connectivity index (χ3n) is 6.68. The van der Waals surface area contributed by atoms with Crippen molar-refractivity contribution in [1.29, 1.82) is 0 Å². The summed E-state index contributed by atoms with van der Waals surface area (Å²) in [5, 5.41) is 10.2. The van der Waals surface area contributed by atoms with E-state index in [4.69, 9.17) is 4.74 Å². The van der Waals surface area contributed by atoms with Crippen molar-refractivity contribution in [3.8, 4) is 0 Å². The third kappa shape index (κ3) is 14.6. The van der Waals surface area contributed by atoms with Crippen LogP contribution in [0.4, 0.5) is 0 Å². The lowest BCUT2D eigenvalue weighted by atomic mass is 9.73. The van der Waals surface area contributed by atoms with E-state index in [9.17, 15) is 9.90 Å². The summed E-state index contributed by atoms with van der Waals surface area (Å²) in [5.74, 6) is -0.665. The molecule has 0 aliphatic heterocycles. The Morgan fingerprint density at radius 1 is 0.774 bits per heavy atom. The summed E-state index contributed by atoms with van der Waals surface area (Å²) in [7, 11) is 0. The molecule has 0 aliphatic rings. The largest absolute Gasteiger partial charge is 0.481 e. The molecule has 0 amide bonds. The summed E-state index contributed by atoms with van der Waals surface area (Å²) in [6, 6.07) is 0. The fraction of sp³-hybridized carbons (Fsp3) is 0.821. The standard InChI is InChI=1S/C28H52O3/c1-5-8-10-12-14-16-18-20-22-24-28(27(29)30,26(4)31-7-3)25-23-21-19-17-15-13-11-9-6-2/h5-6,26H,1-2,7-25H2,3-4H3,(H,29,30). The number of carboxylic acid groups (broad SMARTS) is 1. The van der Waals surface area contributed by atoms with Crippen molar-refractivity contribution < 1.29 is 14.6 Å². The van der Waals surface area contributed by atoms with Gasteiger partial charge >= 0.3 is 5.97 Å². The van der Waals surface area contributed by atoms with E-state index in [1.54, 1.807) is 0 Å². The normalized spacial score (nSPS) is 12.6. The monoisotopic (exact) mass is 436 g/mol. The molecule has 31 heavy (non-hydrogen) atoms. The molecule has 1 unspecified atom stereocenters. The van der Waals surface area contributed by atoms with E-state index >= 15 is 0 Å². The Hall–Kier alpha value is -1.09. The Balaban J connectivity index is 4.36. The van der Waals surface area contributed by atoms with Crippen molar-refractivity contribution in [2.24, 2.45) is 5.41 Å². The second kappa shape index (κ2) is 20.8. The number of unbranched alkanes of at least 4 members (excludes halogenated alkanes) is 14. The molecule has 3 heteroatoms. The lowest BCUT2D eigenvalue weighted by Crippen LogP contribution is -2.42. The van der Waals surface area contributed by atoms with Gasteiger partial charge in [0.2, 0.25) is 0 Å². The van der Waals surface area contributed by atoms with E-state index in [-0.39, 0.29) is 6.10 Å². The van der Waals surface area contributed by atoms with Crippen molar-refractivity contribution in [3.05, 3.63) is 25.3 Å². The van der Waals surface area contributed by atoms with E-state index < -0.39 is 11.4 Å². The first-order valence-corrected chi connectivity index (χ1v) is 13.1. The first-order valence-electron chi connectivity index (χ1n) is 13.1. The molecule has 0 saturated heterocycles. The van der Waals surface area contributed by atoms with Gasteiger partial charge in [0.15, 0.2) is 0 Å². The molecular weight excluding hydrogens is 384 g/mol. The number of allylic oxidation sites excluding steroid dienone is 2. The Kier molecular flexibility index (Phi) is 20.1. The average molecular weight is 437 g/mol. The zero-order chi connectivity index (χ0) is 23.2. The molecule has 0 aromatic carbocycles. The molecule has 0 aromatic heterocycles. The molecule has 0 heterocycles. The van der Waals surface area contributed by atoms with Crippen LogP contribution in [0.5, 0.6) is 0 Å². The minimum Gasteiger partial charge on any atom is -0.481 e. The van der Waals surface area contributed by atoms with Crippen LogP contribution in [0.25, 0.3) is 0 Å². The zero-order valence-corrected chi connectivity index (χ0v) is 20.8. The topological polar surface area (TPSA) is 46.5 Å². The van der Waals surface area contributed by atoms with Crippen LogP contribution in [0.3, 0.4) is 0 Å². The summed E-state index contributed by atoms with van der Waals surface area (Å²) < 4.78 is 5.84. The van der Waals surface area contributed by atoms with Crippen LogP contribution in [-0.2, 0) is 9.53 Å². The van der Waals surface area contributed by atoms with Crippen molar-refractivity contribution in [2.45, 2.75) is 136 Å². The fourth-order valence-corrected chi connectivity index (χ4v) is 4.55. The van der Waals surface area contributed by atoms with E-state index in [0.717, 1.165) is 51.4 Å². The van der Waals surface area contributed by atoms with Gasteiger partial charge in [-0.25, -0.2) is 0 Å². The molecule has 182 valence electrons. The van der Waals surface area contributed by atoms with Gasteiger partial charge in [-0.05, 0) is 52.4 Å². The molecule has 0 aromatic rings. The first kappa shape index (κ1) is 29.9. The van der Waals surface area contributed by atoms with E-state index in [2.05, 4.69) is 13.2 Å². The van der Waals surface area contributed by atoms with Crippen LogP contribution in [0.2, 0.25) is 0 Å². The number of hydrogen-bond donors (Lipinski definition) is 1. The Bertz CT molecular complexity index is 418. The molecule has 0 spiro atoms. The van der Waals surface area contributed by atoms with E-state index in [1.807, 2.05) is 26.0 Å². The fourth-order valence-electron chi connectivity index (χ4n) is 4.55. The average Bonchev–Trinajstić information content (AvgIpc) is 2.75. The summed E-state index contributed by atoms with van der Waals surface area (Å²) >= 11 is 0. The third-order valence-corrected chi connectivity index (χ3v) is 6.68. The van der Waals surface area contributed by atoms with Gasteiger partial charge in [0.05, 0.1) is 11.5 Å². The van der Waals surface area contributed by atoms with Crippen LogP contribution < -0.4 is 0 Å². The molecule has 0 saturated carbocycles. The highest BCUT2D eigenvalue weighted by atomic mass is 16.5. The molecule has 0 rings (SSSR count). The van der Waals surface area contributed by atoms with Gasteiger partial charge in [0.25, 0.3) is 0 Å². The SMILES string of the molecule is C=CCCCCCCCCCC(CCCCCCCCCC=C)(C(=O)O)C(C)OCC. The second-order valence-corrected chi connectivity index (χ2v) is 9.16. The number of rotatable bonds is 24. The Labute approximate surface area is 193 Å². The van der Waals surface area contributed by atoms with Gasteiger partial charge in [-0.1, -0.05) is 89.2 Å². The van der Waals surface area contributed by atoms with Crippen molar-refractivity contribution in [2.75, 3.05) is 6.61 Å². The predicted molar refractivity (Wildman–Crippen MR) is 135 cm³/mol. The number of aliphatic carboxylic acids is 1. The maximum atomic E-state index is 12.4. The van der Waals surface area contributed by atoms with Gasteiger partial charge in [0, 0.05) is 6.61 Å². The van der Waals surface area contributed by atoms with Crippen LogP contribution in [-0.4, -0.2) is 23.8 Å². The van der Waals surface area contributed by atoms with Crippen LogP contribution >= 0.6 is 0 Å². The molecule has 0 bridgehead atoms. The molecule has 0 aliphatic carbocycles. The summed E-state index contributed by atoms with van der Waals surface area (Å²) in [6.07, 6.45) is 24.2. The maximum absolute atomic E-state index is 12.4. The Morgan fingerprint density at radius 3 is 1.45 bits per heavy atom. The summed E-state index contributed by atoms with van der Waals surface area (Å²) in [4.78, 5) is 12.4. The number of ether oxygens (including phenoxy) is 1. The number of carboxylic acids is 1. The highest BCUT2D eigenvalue weighted by Crippen LogP contribution is 2.37. The van der Waals surface area contributed by atoms with Crippen molar-refractivity contribution in [1.82, 2.24) is 0 Å². The van der Waals surface area contributed by atoms with E-state index in [0.29, 0.717) is 6.61 Å². The molecule has 0 fully saturated rings. The Morgan fingerprint density at radius 2 is 1.13 bits per heavy atom. The predicted octanol–water partition coefficient (Wildman–Crippen LogP) is 8.88. The minimum absolute atomic E-state index is 0.229. The van der Waals surface area contributed by atoms with Gasteiger partial charge in [-0.3, -0.25) is 4.79 Å². The summed E-state index contributed by atoms with van der Waals surface area (Å²) in [5.41, 5.74) is -0.732. The molecule has 1 N–H and O–H groups in total. The van der Waals surface area contributed by atoms with Crippen LogP contribution in [0.15, 0.2) is 25.3 Å². The molecule has 3 nitrogen and oxygen atoms in total. The molecular formula is C28H52O3. The highest BCUT2D eigenvalue weighted by Gasteiger charge is 2.43. The van der Waals surface area contributed by atoms with Crippen LogP contribution in [0, 0.1) is 5.41 Å². The van der Waals surface area contributed by atoms with Gasteiger partial charge in [0.1, 0.15) is 0 Å². The number of carbonyl (C=O) groups is 1. The smallest absolute Gasteiger partial charge is 0.312 e. The first-order chi connectivity index (χ1) is 15.0. The lowest BCUT2D eigenvalue weighted by molar-refractivity contribution is -0.161. The van der Waals surface area contributed by atoms with Gasteiger partial charge in [-0.2, -0.15) is 0 Å². The number of hydrogen-bond acceptors (Lipinski definition) is 2. The minimum atomic E-state index is -0.732. The van der Waals surface area contributed by atoms with Crippen molar-refractivity contribution in [3.63, 3.8) is 0 Å². The van der Waals surface area contributed by atoms with E-state index in [1.165, 1.54) is 64.2 Å². The summed E-state index contributed by atoms with van der Waals surface area (Å²) in [6.45, 7) is 12.0. The molecule has 0 radical (unpaired) electrons. The van der Waals surface area contributed by atoms with Crippen molar-refractivity contribution >= 4 is 5.97 Å². The van der Waals surface area contributed by atoms with Gasteiger partial charge < -0.3 is 9.84 Å². The van der Waals surface area contributed by atoms with Crippen LogP contribution in [0.1, 0.15) is 129 Å². The van der Waals surface area contributed by atoms with Gasteiger partial charge in [-0.15, -0.1) is 13.2 Å². The lowest BCUT2D eigenvalue weighted by Gasteiger charge is -2.35. The molecule has 1 atom stereocenters. The zero-order valence-electron chi connectivity index (χ0n) is 20.8. The quantitative estimate of drug-likeness (QED) is 0.121. The second-order valence-electron chi connectivity index (χ2n) is 9.16.